The Bertz CT molecular complexity index is 722. The molecule has 10 heteroatoms. The van der Waals surface area contributed by atoms with Crippen LogP contribution in [0.1, 0.15) is 16.1 Å². The number of rotatable bonds is 4. The van der Waals surface area contributed by atoms with Gasteiger partial charge in [0.25, 0.3) is 5.91 Å². The van der Waals surface area contributed by atoms with E-state index in [2.05, 4.69) is 20.3 Å². The van der Waals surface area contributed by atoms with E-state index in [-0.39, 0.29) is 17.3 Å². The number of nitrogens with one attached hydrogen (secondary N) is 1. The van der Waals surface area contributed by atoms with Crippen molar-refractivity contribution in [2.24, 2.45) is 5.14 Å². The molecular formula is C10H11N5O4S. The number of sulfonamides is 1. The molecule has 0 aliphatic heterocycles. The molecule has 0 aliphatic carbocycles. The molecule has 2 rings (SSSR count). The van der Waals surface area contributed by atoms with Gasteiger partial charge in [-0.3, -0.25) is 4.79 Å². The Labute approximate surface area is 114 Å². The van der Waals surface area contributed by atoms with Gasteiger partial charge in [0.15, 0.2) is 0 Å². The third-order valence-corrected chi connectivity index (χ3v) is 3.04. The van der Waals surface area contributed by atoms with Gasteiger partial charge in [0.2, 0.25) is 21.5 Å². The molecule has 0 bridgehead atoms. The Morgan fingerprint density at radius 1 is 1.25 bits per heavy atom. The lowest BCUT2D eigenvalue weighted by atomic mass is 10.2. The van der Waals surface area contributed by atoms with Crippen molar-refractivity contribution in [3.63, 3.8) is 0 Å². The van der Waals surface area contributed by atoms with Crippen LogP contribution in [0.2, 0.25) is 0 Å². The second kappa shape index (κ2) is 5.27. The predicted octanol–water partition coefficient (Wildman–Crippen LogP) is -0.307. The third-order valence-electron chi connectivity index (χ3n) is 2.31. The van der Waals surface area contributed by atoms with Crippen molar-refractivity contribution in [1.82, 2.24) is 10.3 Å². The Morgan fingerprint density at radius 3 is 2.40 bits per heavy atom. The number of nitrogen functional groups attached to an aromatic ring is 1. The quantitative estimate of drug-likeness (QED) is 0.699. The molecule has 20 heavy (non-hydrogen) atoms. The molecule has 0 unspecified atom stereocenters. The van der Waals surface area contributed by atoms with Crippen molar-refractivity contribution < 1.29 is 17.8 Å². The van der Waals surface area contributed by atoms with E-state index in [1.165, 1.54) is 24.3 Å². The maximum atomic E-state index is 11.7. The van der Waals surface area contributed by atoms with Crippen LogP contribution in [-0.2, 0) is 15.8 Å². The number of anilines is 2. The van der Waals surface area contributed by atoms with Crippen LogP contribution < -0.4 is 16.2 Å². The minimum atomic E-state index is -3.59. The van der Waals surface area contributed by atoms with Gasteiger partial charge in [0, 0.05) is 5.69 Å². The number of primary sulfonamides is 1. The van der Waals surface area contributed by atoms with Gasteiger partial charge >= 0.3 is 0 Å². The van der Waals surface area contributed by atoms with E-state index in [4.69, 9.17) is 10.9 Å². The Morgan fingerprint density at radius 2 is 1.90 bits per heavy atom. The van der Waals surface area contributed by atoms with E-state index >= 15 is 0 Å². The lowest BCUT2D eigenvalue weighted by Crippen LogP contribution is -2.15. The summed E-state index contributed by atoms with van der Waals surface area (Å²) in [7, 11) is -3.59. The molecule has 2 aromatic rings. The molecule has 1 aromatic heterocycles. The first-order valence-corrected chi connectivity index (χ1v) is 7.05. The van der Waals surface area contributed by atoms with Crippen LogP contribution in [0.5, 0.6) is 0 Å². The fourth-order valence-corrected chi connectivity index (χ4v) is 2.12. The van der Waals surface area contributed by atoms with Crippen LogP contribution in [0.15, 0.2) is 28.9 Å². The standard InChI is InChI=1S/C10H11N5O4S/c11-9-8(14-19-15-9)10(16)13-7-3-1-6(2-4-7)5-20(12,17)18/h1-4H,5H2,(H2,11,15)(H,13,16)(H2,12,17,18). The minimum absolute atomic E-state index is 0.117. The zero-order chi connectivity index (χ0) is 14.8. The van der Waals surface area contributed by atoms with Crippen molar-refractivity contribution in [2.45, 2.75) is 5.75 Å². The van der Waals surface area contributed by atoms with E-state index in [1.54, 1.807) is 0 Å². The van der Waals surface area contributed by atoms with Gasteiger partial charge in [0.05, 0.1) is 5.75 Å². The van der Waals surface area contributed by atoms with Crippen LogP contribution in [-0.4, -0.2) is 24.6 Å². The monoisotopic (exact) mass is 297 g/mol. The fraction of sp³-hybridized carbons (Fsp3) is 0.100. The third kappa shape index (κ3) is 3.52. The topological polar surface area (TPSA) is 154 Å². The summed E-state index contributed by atoms with van der Waals surface area (Å²) in [5, 5.41) is 14.1. The normalized spacial score (nSPS) is 11.2. The van der Waals surface area contributed by atoms with Gasteiger partial charge in [-0.25, -0.2) is 18.2 Å². The second-order valence-corrected chi connectivity index (χ2v) is 5.57. The van der Waals surface area contributed by atoms with E-state index in [1.807, 2.05) is 0 Å². The molecule has 5 N–H and O–H groups in total. The van der Waals surface area contributed by atoms with E-state index in [0.29, 0.717) is 11.3 Å². The smallest absolute Gasteiger partial charge is 0.281 e. The average Bonchev–Trinajstić information content (AvgIpc) is 2.76. The fourth-order valence-electron chi connectivity index (χ4n) is 1.46. The van der Waals surface area contributed by atoms with Gasteiger partial charge < -0.3 is 11.1 Å². The first-order chi connectivity index (χ1) is 9.35. The number of nitrogens with two attached hydrogens (primary N) is 2. The SMILES string of the molecule is Nc1nonc1C(=O)Nc1ccc(CS(N)(=O)=O)cc1. The molecule has 106 valence electrons. The van der Waals surface area contributed by atoms with Gasteiger partial charge in [0.1, 0.15) is 0 Å². The van der Waals surface area contributed by atoms with Crippen molar-refractivity contribution in [2.75, 3.05) is 11.1 Å². The number of benzene rings is 1. The van der Waals surface area contributed by atoms with Gasteiger partial charge in [-0.2, -0.15) is 0 Å². The summed E-state index contributed by atoms with van der Waals surface area (Å²) >= 11 is 0. The number of hydrogen-bond acceptors (Lipinski definition) is 7. The van der Waals surface area contributed by atoms with Crippen molar-refractivity contribution in [1.29, 1.82) is 0 Å². The van der Waals surface area contributed by atoms with Crippen LogP contribution in [0.3, 0.4) is 0 Å². The highest BCUT2D eigenvalue weighted by atomic mass is 32.2. The Hall–Kier alpha value is -2.46. The van der Waals surface area contributed by atoms with E-state index in [0.717, 1.165) is 0 Å². The maximum Gasteiger partial charge on any atom is 0.281 e. The van der Waals surface area contributed by atoms with Crippen molar-refractivity contribution in [3.05, 3.63) is 35.5 Å². The molecule has 0 atom stereocenters. The van der Waals surface area contributed by atoms with E-state index in [9.17, 15) is 13.2 Å². The molecule has 0 aliphatic rings. The zero-order valence-electron chi connectivity index (χ0n) is 10.1. The number of aromatic nitrogens is 2. The average molecular weight is 297 g/mol. The number of carbonyl (C=O) groups excluding carboxylic acids is 1. The molecule has 1 aromatic carbocycles. The molecule has 1 heterocycles. The van der Waals surface area contributed by atoms with Crippen molar-refractivity contribution in [3.8, 4) is 0 Å². The number of nitrogens with zero attached hydrogens (tertiary/aromatic N) is 2. The minimum Gasteiger partial charge on any atom is -0.379 e. The molecule has 0 spiro atoms. The van der Waals surface area contributed by atoms with Gasteiger partial charge in [-0.1, -0.05) is 12.1 Å². The van der Waals surface area contributed by atoms with Gasteiger partial charge in [-0.15, -0.1) is 0 Å². The summed E-state index contributed by atoms with van der Waals surface area (Å²) in [6.45, 7) is 0. The lowest BCUT2D eigenvalue weighted by molar-refractivity contribution is 0.101. The molecule has 9 nitrogen and oxygen atoms in total. The molecule has 0 radical (unpaired) electrons. The summed E-state index contributed by atoms with van der Waals surface area (Å²) in [5.41, 5.74) is 6.20. The lowest BCUT2D eigenvalue weighted by Gasteiger charge is -2.04. The summed E-state index contributed by atoms with van der Waals surface area (Å²) in [6.07, 6.45) is 0. The number of hydrogen-bond donors (Lipinski definition) is 3. The van der Waals surface area contributed by atoms with Crippen LogP contribution in [0.25, 0.3) is 0 Å². The van der Waals surface area contributed by atoms with Crippen molar-refractivity contribution >= 4 is 27.4 Å². The summed E-state index contributed by atoms with van der Waals surface area (Å²) in [5.74, 6) is -0.974. The molecule has 0 saturated heterocycles. The largest absolute Gasteiger partial charge is 0.379 e. The predicted molar refractivity (Wildman–Crippen MR) is 69.9 cm³/mol. The maximum absolute atomic E-state index is 11.7. The summed E-state index contributed by atoms with van der Waals surface area (Å²) in [4.78, 5) is 11.7. The highest BCUT2D eigenvalue weighted by Gasteiger charge is 2.16. The van der Waals surface area contributed by atoms with Gasteiger partial charge in [-0.05, 0) is 28.0 Å². The van der Waals surface area contributed by atoms with Crippen LogP contribution in [0, 0.1) is 0 Å². The number of amides is 1. The van der Waals surface area contributed by atoms with Crippen LogP contribution >= 0.6 is 0 Å². The Balaban J connectivity index is 2.08. The summed E-state index contributed by atoms with van der Waals surface area (Å²) < 4.78 is 26.2. The zero-order valence-corrected chi connectivity index (χ0v) is 10.9. The molecular weight excluding hydrogens is 286 g/mol. The highest BCUT2D eigenvalue weighted by Crippen LogP contribution is 2.13. The molecule has 0 saturated carbocycles. The molecule has 0 fully saturated rings. The van der Waals surface area contributed by atoms with E-state index < -0.39 is 15.9 Å². The first kappa shape index (κ1) is 14.0. The first-order valence-electron chi connectivity index (χ1n) is 5.34. The Kier molecular flexibility index (Phi) is 3.68. The number of carbonyl (C=O) groups is 1. The van der Waals surface area contributed by atoms with Crippen LogP contribution in [0.4, 0.5) is 11.5 Å². The summed E-state index contributed by atoms with van der Waals surface area (Å²) in [6, 6.07) is 6.12. The molecule has 1 amide bonds. The highest BCUT2D eigenvalue weighted by molar-refractivity contribution is 7.88. The second-order valence-electron chi connectivity index (χ2n) is 3.96.